The second kappa shape index (κ2) is 7.85. The molecule has 0 saturated carbocycles. The molecule has 4 amide bonds. The molecule has 148 valence electrons. The van der Waals surface area contributed by atoms with E-state index in [1.54, 1.807) is 18.2 Å². The Bertz CT molecular complexity index is 1040. The van der Waals surface area contributed by atoms with Gasteiger partial charge in [0, 0.05) is 11.6 Å². The Balaban J connectivity index is 2.01. The summed E-state index contributed by atoms with van der Waals surface area (Å²) in [6.07, 6.45) is 1.31. The second-order valence-electron chi connectivity index (χ2n) is 5.92. The van der Waals surface area contributed by atoms with Gasteiger partial charge in [0.1, 0.15) is 17.1 Å². The van der Waals surface area contributed by atoms with Crippen molar-refractivity contribution < 1.29 is 33.8 Å². The molecule has 0 radical (unpaired) electrons. The molecule has 0 aliphatic carbocycles. The first-order valence-corrected chi connectivity index (χ1v) is 8.32. The Morgan fingerprint density at radius 2 is 1.72 bits per heavy atom. The standard InChI is InChI=1S/C20H16N2O7/c1-28-14-8-5-12(16(10-14)29-2)9-15-17(23)21-20(27)22(18(15)24)13-6-3-11(4-7-13)19(25)26/h3-10H,1-2H3,(H,25,26)(H,21,23,27)/b15-9-. The van der Waals surface area contributed by atoms with Crippen molar-refractivity contribution in [2.75, 3.05) is 19.1 Å². The van der Waals surface area contributed by atoms with Crippen molar-refractivity contribution in [2.45, 2.75) is 0 Å². The van der Waals surface area contributed by atoms with Gasteiger partial charge in [-0.25, -0.2) is 14.5 Å². The molecule has 2 N–H and O–H groups in total. The fraction of sp³-hybridized carbons (Fsp3) is 0.100. The molecule has 29 heavy (non-hydrogen) atoms. The molecule has 1 aliphatic heterocycles. The number of amides is 4. The van der Waals surface area contributed by atoms with Crippen molar-refractivity contribution >= 4 is 35.6 Å². The van der Waals surface area contributed by atoms with Crippen LogP contribution < -0.4 is 19.7 Å². The third kappa shape index (κ3) is 3.79. The molecule has 9 nitrogen and oxygen atoms in total. The highest BCUT2D eigenvalue weighted by Gasteiger charge is 2.37. The van der Waals surface area contributed by atoms with Gasteiger partial charge in [-0.1, -0.05) is 0 Å². The summed E-state index contributed by atoms with van der Waals surface area (Å²) in [6.45, 7) is 0. The van der Waals surface area contributed by atoms with Gasteiger partial charge in [-0.15, -0.1) is 0 Å². The minimum Gasteiger partial charge on any atom is -0.497 e. The zero-order valence-electron chi connectivity index (χ0n) is 15.5. The molecular weight excluding hydrogens is 380 g/mol. The molecule has 1 aliphatic rings. The van der Waals surface area contributed by atoms with Crippen LogP contribution in [0.1, 0.15) is 15.9 Å². The molecule has 2 aromatic carbocycles. The van der Waals surface area contributed by atoms with E-state index in [0.29, 0.717) is 17.1 Å². The number of hydrogen-bond donors (Lipinski definition) is 2. The normalized spacial score (nSPS) is 15.3. The summed E-state index contributed by atoms with van der Waals surface area (Å²) >= 11 is 0. The number of imide groups is 2. The Kier molecular flexibility index (Phi) is 5.31. The third-order valence-corrected chi connectivity index (χ3v) is 4.21. The minimum absolute atomic E-state index is 0.00609. The quantitative estimate of drug-likeness (QED) is 0.586. The van der Waals surface area contributed by atoms with E-state index in [1.807, 2.05) is 0 Å². The van der Waals surface area contributed by atoms with Gasteiger partial charge in [0.2, 0.25) is 0 Å². The van der Waals surface area contributed by atoms with Crippen LogP contribution >= 0.6 is 0 Å². The molecule has 1 fully saturated rings. The van der Waals surface area contributed by atoms with Crippen molar-refractivity contribution in [2.24, 2.45) is 0 Å². The number of aromatic carboxylic acids is 1. The number of ether oxygens (including phenoxy) is 2. The van der Waals surface area contributed by atoms with E-state index in [4.69, 9.17) is 14.6 Å². The number of barbiturate groups is 1. The molecule has 3 rings (SSSR count). The van der Waals surface area contributed by atoms with Crippen molar-refractivity contribution in [1.82, 2.24) is 5.32 Å². The number of carboxylic acid groups (broad SMARTS) is 1. The van der Waals surface area contributed by atoms with Gasteiger partial charge >= 0.3 is 12.0 Å². The lowest BCUT2D eigenvalue weighted by atomic mass is 10.1. The topological polar surface area (TPSA) is 122 Å². The molecule has 0 atom stereocenters. The third-order valence-electron chi connectivity index (χ3n) is 4.21. The number of anilines is 1. The number of hydrogen-bond acceptors (Lipinski definition) is 6. The van der Waals surface area contributed by atoms with Crippen LogP contribution in [0.4, 0.5) is 10.5 Å². The van der Waals surface area contributed by atoms with Crippen LogP contribution in [-0.2, 0) is 9.59 Å². The molecule has 1 heterocycles. The van der Waals surface area contributed by atoms with Gasteiger partial charge in [0.25, 0.3) is 11.8 Å². The Hall–Kier alpha value is -4.14. The highest BCUT2D eigenvalue weighted by molar-refractivity contribution is 6.39. The molecule has 1 saturated heterocycles. The summed E-state index contributed by atoms with van der Waals surface area (Å²) in [6, 6.07) is 9.02. The number of carboxylic acids is 1. The van der Waals surface area contributed by atoms with Crippen molar-refractivity contribution in [3.63, 3.8) is 0 Å². The first-order chi connectivity index (χ1) is 13.8. The summed E-state index contributed by atoms with van der Waals surface area (Å²) < 4.78 is 10.4. The average Bonchev–Trinajstić information content (AvgIpc) is 2.71. The van der Waals surface area contributed by atoms with Crippen LogP contribution in [0.25, 0.3) is 6.08 Å². The van der Waals surface area contributed by atoms with E-state index in [1.165, 1.54) is 44.6 Å². The zero-order valence-corrected chi connectivity index (χ0v) is 15.5. The SMILES string of the molecule is COc1ccc(/C=C2/C(=O)NC(=O)N(c3ccc(C(=O)O)cc3)C2=O)c(OC)c1. The Morgan fingerprint density at radius 1 is 1.03 bits per heavy atom. The summed E-state index contributed by atoms with van der Waals surface area (Å²) in [5.41, 5.74) is 0.267. The van der Waals surface area contributed by atoms with Gasteiger partial charge < -0.3 is 14.6 Å². The average molecular weight is 396 g/mol. The van der Waals surface area contributed by atoms with Crippen LogP contribution in [0.5, 0.6) is 11.5 Å². The fourth-order valence-electron chi connectivity index (χ4n) is 2.74. The number of benzene rings is 2. The summed E-state index contributed by atoms with van der Waals surface area (Å²) in [7, 11) is 2.92. The number of carbonyl (C=O) groups is 4. The molecule has 9 heteroatoms. The van der Waals surface area contributed by atoms with Crippen LogP contribution in [0.2, 0.25) is 0 Å². The predicted molar refractivity (Wildman–Crippen MR) is 102 cm³/mol. The smallest absolute Gasteiger partial charge is 0.335 e. The van der Waals surface area contributed by atoms with Crippen molar-refractivity contribution in [1.29, 1.82) is 0 Å². The summed E-state index contributed by atoms with van der Waals surface area (Å²) in [5.74, 6) is -1.95. The Morgan fingerprint density at radius 3 is 2.31 bits per heavy atom. The lowest BCUT2D eigenvalue weighted by Gasteiger charge is -2.26. The van der Waals surface area contributed by atoms with E-state index in [9.17, 15) is 19.2 Å². The molecule has 0 spiro atoms. The van der Waals surface area contributed by atoms with E-state index >= 15 is 0 Å². The van der Waals surface area contributed by atoms with Crippen LogP contribution in [0.3, 0.4) is 0 Å². The van der Waals surface area contributed by atoms with Crippen molar-refractivity contribution in [3.05, 3.63) is 59.2 Å². The number of rotatable bonds is 5. The Labute approximate surface area is 165 Å². The number of methoxy groups -OCH3 is 2. The largest absolute Gasteiger partial charge is 0.497 e. The summed E-state index contributed by atoms with van der Waals surface area (Å²) in [4.78, 5) is 49.1. The van der Waals surface area contributed by atoms with E-state index < -0.39 is 23.8 Å². The van der Waals surface area contributed by atoms with Gasteiger partial charge in [-0.05, 0) is 42.5 Å². The van der Waals surface area contributed by atoms with Crippen LogP contribution in [0, 0.1) is 0 Å². The molecule has 0 aromatic heterocycles. The van der Waals surface area contributed by atoms with Gasteiger partial charge in [-0.2, -0.15) is 0 Å². The summed E-state index contributed by atoms with van der Waals surface area (Å²) in [5, 5.41) is 11.1. The number of urea groups is 1. The molecular formula is C20H16N2O7. The number of nitrogens with zero attached hydrogens (tertiary/aromatic N) is 1. The number of nitrogens with one attached hydrogen (secondary N) is 1. The zero-order chi connectivity index (χ0) is 21.1. The highest BCUT2D eigenvalue weighted by atomic mass is 16.5. The van der Waals surface area contributed by atoms with Crippen LogP contribution in [-0.4, -0.2) is 43.1 Å². The minimum atomic E-state index is -1.15. The van der Waals surface area contributed by atoms with Gasteiger partial charge in [0.05, 0.1) is 25.5 Å². The van der Waals surface area contributed by atoms with Crippen molar-refractivity contribution in [3.8, 4) is 11.5 Å². The molecule has 0 unspecified atom stereocenters. The highest BCUT2D eigenvalue weighted by Crippen LogP contribution is 2.28. The maximum absolute atomic E-state index is 12.9. The maximum atomic E-state index is 12.9. The number of carbonyl (C=O) groups excluding carboxylic acids is 3. The lowest BCUT2D eigenvalue weighted by molar-refractivity contribution is -0.122. The molecule has 2 aromatic rings. The predicted octanol–water partition coefficient (Wildman–Crippen LogP) is 2.07. The van der Waals surface area contributed by atoms with E-state index in [0.717, 1.165) is 4.90 Å². The van der Waals surface area contributed by atoms with Gasteiger partial charge in [-0.3, -0.25) is 14.9 Å². The molecule has 0 bridgehead atoms. The first-order valence-electron chi connectivity index (χ1n) is 8.32. The lowest BCUT2D eigenvalue weighted by Crippen LogP contribution is -2.54. The monoisotopic (exact) mass is 396 g/mol. The van der Waals surface area contributed by atoms with Crippen LogP contribution in [0.15, 0.2) is 48.0 Å². The first kappa shape index (κ1) is 19.6. The maximum Gasteiger partial charge on any atom is 0.335 e. The fourth-order valence-corrected chi connectivity index (χ4v) is 2.74. The van der Waals surface area contributed by atoms with E-state index in [2.05, 4.69) is 5.32 Å². The van der Waals surface area contributed by atoms with Gasteiger partial charge in [0.15, 0.2) is 0 Å². The van der Waals surface area contributed by atoms with E-state index in [-0.39, 0.29) is 16.8 Å². The second-order valence-corrected chi connectivity index (χ2v) is 5.92.